The molecule has 0 spiro atoms. The summed E-state index contributed by atoms with van der Waals surface area (Å²) in [6, 6.07) is 63.4. The monoisotopic (exact) mass is 879 g/mol. The fraction of sp³-hybridized carbons (Fsp3) is 0.159. The quantitative estimate of drug-likeness (QED) is 0.176. The fourth-order valence-corrected chi connectivity index (χ4v) is 13.1. The Morgan fingerprint density at radius 2 is 1.09 bits per heavy atom. The summed E-state index contributed by atoms with van der Waals surface area (Å²) in [6.45, 7) is 4.57. The summed E-state index contributed by atoms with van der Waals surface area (Å²) in [4.78, 5) is 8.91. The molecule has 0 unspecified atom stereocenters. The van der Waals surface area contributed by atoms with Gasteiger partial charge in [-0.2, -0.15) is 0 Å². The molecule has 0 radical (unpaired) electrons. The zero-order valence-corrected chi connectivity index (χ0v) is 38.0. The Labute approximate surface area is 400 Å². The van der Waals surface area contributed by atoms with Gasteiger partial charge in [0.25, 0.3) is 0 Å². The van der Waals surface area contributed by atoms with Crippen LogP contribution in [0.3, 0.4) is 0 Å². The number of benzene rings is 8. The van der Waals surface area contributed by atoms with Crippen molar-refractivity contribution in [3.8, 4) is 17.3 Å². The summed E-state index contributed by atoms with van der Waals surface area (Å²) < 4.78 is 36.0. The van der Waals surface area contributed by atoms with E-state index in [2.05, 4.69) is 188 Å². The zero-order chi connectivity index (χ0) is 47.7. The van der Waals surface area contributed by atoms with Crippen LogP contribution in [0.1, 0.15) is 121 Å². The molecule has 3 heterocycles. The lowest BCUT2D eigenvalue weighted by atomic mass is 9.60. The second kappa shape index (κ2) is 13.6. The molecule has 326 valence electrons. The van der Waals surface area contributed by atoms with E-state index in [0.717, 1.165) is 39.3 Å². The molecule has 17 rings (SSSR count). The summed E-state index contributed by atoms with van der Waals surface area (Å²) in [5.74, 6) is 2.42. The number of rotatable bonds is 4. The summed E-state index contributed by atoms with van der Waals surface area (Å²) in [5, 5.41) is 2.32. The molecule has 5 nitrogen and oxygen atoms in total. The van der Waals surface area contributed by atoms with E-state index in [9.17, 15) is 0 Å². The van der Waals surface area contributed by atoms with Crippen LogP contribution in [0.2, 0.25) is 0 Å². The average Bonchev–Trinajstić information content (AvgIpc) is 3.96. The number of anilines is 3. The van der Waals surface area contributed by atoms with Crippen molar-refractivity contribution in [3.05, 3.63) is 254 Å². The molecule has 2 aromatic heterocycles. The molecular weight excluding hydrogens is 829 g/mol. The molecule has 7 aliphatic rings. The van der Waals surface area contributed by atoms with E-state index in [1.54, 1.807) is 4.90 Å². The Kier molecular flexibility index (Phi) is 7.07. The molecule has 8 aromatic carbocycles. The Morgan fingerprint density at radius 1 is 0.529 bits per heavy atom. The molecule has 0 saturated heterocycles. The predicted octanol–water partition coefficient (Wildman–Crippen LogP) is 14.8. The molecule has 4 bridgehead atoms. The summed E-state index contributed by atoms with van der Waals surface area (Å²) in [5.41, 5.74) is 21.5. The Morgan fingerprint density at radius 3 is 1.71 bits per heavy atom. The average molecular weight is 880 g/mol. The van der Waals surface area contributed by atoms with Crippen molar-refractivity contribution in [2.24, 2.45) is 0 Å². The molecule has 0 saturated carbocycles. The van der Waals surface area contributed by atoms with Crippen molar-refractivity contribution in [1.82, 2.24) is 9.55 Å². The standard InChI is InChI=1S/C63H48N4O/c1-63(2,3)36-30-31-64-54(32-36)67-53-34-39(24-25-40(53)49-26-27-50-55-41-16-5-9-20-45(41)57(59(50)61(49)67)46-21-10-6-17-42(46)55)68-38-15-13-14-37(33-38)66-35-65(4)62-52(66)29-28-51-56-43-18-7-11-22-47(43)58(60(51)62)48-23-12-8-19-44(48)56/h5-34,55-58H,35H2,1-4H3/i4D3. The van der Waals surface area contributed by atoms with Crippen molar-refractivity contribution < 1.29 is 8.85 Å². The SMILES string of the molecule is [2H]C([2H])([2H])N1CN(c2cccc(Oc3ccc4c5ccc6c(c5n(-c5cc(C(C)(C)C)ccn5)c4c3)C3c4ccccc4C6c4ccccc43)c2)c2ccc3c(c21)C1c2ccccc2C3c2ccccc21. The van der Waals surface area contributed by atoms with Gasteiger partial charge < -0.3 is 14.5 Å². The third-order valence-electron chi connectivity index (χ3n) is 15.9. The maximum absolute atomic E-state index is 8.91. The van der Waals surface area contributed by atoms with Gasteiger partial charge in [-0.25, -0.2) is 4.98 Å². The number of pyridine rings is 1. The van der Waals surface area contributed by atoms with Crippen LogP contribution < -0.4 is 14.5 Å². The van der Waals surface area contributed by atoms with Crippen LogP contribution in [0.25, 0.3) is 27.6 Å². The van der Waals surface area contributed by atoms with Gasteiger partial charge in [0.2, 0.25) is 0 Å². The van der Waals surface area contributed by atoms with E-state index in [-0.39, 0.29) is 35.8 Å². The molecule has 1 aliphatic heterocycles. The summed E-state index contributed by atoms with van der Waals surface area (Å²) >= 11 is 0. The van der Waals surface area contributed by atoms with Gasteiger partial charge in [0.05, 0.1) is 29.1 Å². The van der Waals surface area contributed by atoms with Crippen LogP contribution in [-0.4, -0.2) is 23.2 Å². The van der Waals surface area contributed by atoms with Gasteiger partial charge in [0.1, 0.15) is 17.3 Å². The molecule has 0 fully saturated rings. The second-order valence-electron chi connectivity index (χ2n) is 20.4. The molecule has 10 aromatic rings. The first-order chi connectivity index (χ1) is 34.5. The Hall–Kier alpha value is -7.89. The third-order valence-corrected chi connectivity index (χ3v) is 15.9. The number of nitrogens with zero attached hydrogens (tertiary/aromatic N) is 4. The van der Waals surface area contributed by atoms with Crippen molar-refractivity contribution in [1.29, 1.82) is 0 Å². The number of aromatic nitrogens is 2. The lowest BCUT2D eigenvalue weighted by molar-refractivity contribution is 0.483. The molecule has 68 heavy (non-hydrogen) atoms. The highest BCUT2D eigenvalue weighted by atomic mass is 16.5. The number of fused-ring (bicyclic) bond motifs is 4. The zero-order valence-electron chi connectivity index (χ0n) is 41.0. The summed E-state index contributed by atoms with van der Waals surface area (Å²) in [6.07, 6.45) is 1.95. The van der Waals surface area contributed by atoms with E-state index >= 15 is 0 Å². The number of hydrogen-bond acceptors (Lipinski definition) is 4. The highest BCUT2D eigenvalue weighted by Crippen LogP contribution is 2.61. The minimum Gasteiger partial charge on any atom is -0.457 e. The van der Waals surface area contributed by atoms with Gasteiger partial charge in [0.15, 0.2) is 0 Å². The first-order valence-corrected chi connectivity index (χ1v) is 23.9. The van der Waals surface area contributed by atoms with Crippen molar-refractivity contribution >= 4 is 38.9 Å². The van der Waals surface area contributed by atoms with E-state index < -0.39 is 6.98 Å². The fourth-order valence-electron chi connectivity index (χ4n) is 13.1. The van der Waals surface area contributed by atoms with Crippen LogP contribution in [0.5, 0.6) is 11.5 Å². The van der Waals surface area contributed by atoms with Crippen molar-refractivity contribution in [2.75, 3.05) is 23.4 Å². The minimum absolute atomic E-state index is 0.0418. The molecule has 0 N–H and O–H groups in total. The van der Waals surface area contributed by atoms with E-state index in [0.29, 0.717) is 11.5 Å². The Balaban J connectivity index is 0.863. The highest BCUT2D eigenvalue weighted by Gasteiger charge is 2.46. The maximum atomic E-state index is 8.91. The smallest absolute Gasteiger partial charge is 0.137 e. The van der Waals surface area contributed by atoms with Crippen LogP contribution >= 0.6 is 0 Å². The normalized spacial score (nSPS) is 19.6. The first kappa shape index (κ1) is 35.3. The lowest BCUT2D eigenvalue weighted by Crippen LogP contribution is -2.29. The van der Waals surface area contributed by atoms with Gasteiger partial charge in [-0.05, 0) is 120 Å². The predicted molar refractivity (Wildman–Crippen MR) is 275 cm³/mol. The molecule has 0 amide bonds. The Bertz CT molecular complexity index is 3840. The lowest BCUT2D eigenvalue weighted by Gasteiger charge is -2.43. The van der Waals surface area contributed by atoms with Crippen molar-refractivity contribution in [2.45, 2.75) is 49.9 Å². The molecule has 6 aliphatic carbocycles. The molecule has 5 heteroatoms. The maximum Gasteiger partial charge on any atom is 0.137 e. The number of ether oxygens (including phenoxy) is 1. The highest BCUT2D eigenvalue weighted by molar-refractivity contribution is 6.11. The van der Waals surface area contributed by atoms with Gasteiger partial charge in [0, 0.05) is 69.5 Å². The molecule has 0 atom stereocenters. The molecular formula is C63H48N4O. The second-order valence-corrected chi connectivity index (χ2v) is 20.4. The van der Waals surface area contributed by atoms with E-state index in [4.69, 9.17) is 13.8 Å². The van der Waals surface area contributed by atoms with Gasteiger partial charge in [-0.1, -0.05) is 142 Å². The van der Waals surface area contributed by atoms with Crippen LogP contribution in [-0.2, 0) is 5.41 Å². The van der Waals surface area contributed by atoms with Gasteiger partial charge >= 0.3 is 0 Å². The van der Waals surface area contributed by atoms with Crippen LogP contribution in [0.15, 0.2) is 182 Å². The number of hydrogen-bond donors (Lipinski definition) is 0. The van der Waals surface area contributed by atoms with E-state index in [1.807, 2.05) is 24.4 Å². The third kappa shape index (κ3) is 5.08. The largest absolute Gasteiger partial charge is 0.457 e. The van der Waals surface area contributed by atoms with Gasteiger partial charge in [-0.15, -0.1) is 0 Å². The van der Waals surface area contributed by atoms with Crippen LogP contribution in [0.4, 0.5) is 17.1 Å². The minimum atomic E-state index is -2.37. The first-order valence-electron chi connectivity index (χ1n) is 25.4. The van der Waals surface area contributed by atoms with Crippen LogP contribution in [0, 0.1) is 0 Å². The topological polar surface area (TPSA) is 33.5 Å². The van der Waals surface area contributed by atoms with Crippen molar-refractivity contribution in [3.63, 3.8) is 0 Å². The van der Waals surface area contributed by atoms with E-state index in [1.165, 1.54) is 77.7 Å². The summed E-state index contributed by atoms with van der Waals surface area (Å²) in [7, 11) is 0. The van der Waals surface area contributed by atoms with Gasteiger partial charge in [-0.3, -0.25) is 4.57 Å².